The molecule has 3 N–H and O–H groups in total. The standard InChI is InChI=1S/C13H18N2O2S/c1-16-13(6-7-17-9-13)8-15-11-4-2-10(3-5-11)12(14)18/h2-5,15H,6-9H2,1H3,(H2,14,18). The molecule has 0 bridgehead atoms. The van der Waals surface area contributed by atoms with Crippen molar-refractivity contribution >= 4 is 22.9 Å². The predicted molar refractivity (Wildman–Crippen MR) is 76.0 cm³/mol. The lowest BCUT2D eigenvalue weighted by Crippen LogP contribution is -2.39. The second-order valence-electron chi connectivity index (χ2n) is 4.48. The van der Waals surface area contributed by atoms with Gasteiger partial charge in [0.15, 0.2) is 0 Å². The third kappa shape index (κ3) is 2.98. The van der Waals surface area contributed by atoms with Gasteiger partial charge in [-0.25, -0.2) is 0 Å². The van der Waals surface area contributed by atoms with Crippen LogP contribution in [0, 0.1) is 0 Å². The number of thiocarbonyl (C=S) groups is 1. The first-order valence-electron chi connectivity index (χ1n) is 5.92. The van der Waals surface area contributed by atoms with Gasteiger partial charge in [-0.3, -0.25) is 0 Å². The molecule has 5 heteroatoms. The summed E-state index contributed by atoms with van der Waals surface area (Å²) in [6.07, 6.45) is 0.918. The molecule has 1 aliphatic heterocycles. The quantitative estimate of drug-likeness (QED) is 0.792. The summed E-state index contributed by atoms with van der Waals surface area (Å²) in [6.45, 7) is 2.13. The summed E-state index contributed by atoms with van der Waals surface area (Å²) in [7, 11) is 1.73. The maximum absolute atomic E-state index is 5.55. The molecule has 0 amide bonds. The molecule has 1 aromatic rings. The smallest absolute Gasteiger partial charge is 0.110 e. The van der Waals surface area contributed by atoms with Crippen LogP contribution in [-0.2, 0) is 9.47 Å². The second kappa shape index (κ2) is 5.65. The van der Waals surface area contributed by atoms with E-state index in [1.807, 2.05) is 24.3 Å². The molecule has 1 aromatic carbocycles. The second-order valence-corrected chi connectivity index (χ2v) is 4.92. The van der Waals surface area contributed by atoms with Gasteiger partial charge in [-0.2, -0.15) is 0 Å². The minimum absolute atomic E-state index is 0.207. The summed E-state index contributed by atoms with van der Waals surface area (Å²) in [4.78, 5) is 0.416. The number of benzene rings is 1. The summed E-state index contributed by atoms with van der Waals surface area (Å²) in [5, 5.41) is 3.36. The number of ether oxygens (including phenoxy) is 2. The minimum atomic E-state index is -0.207. The Morgan fingerprint density at radius 2 is 2.22 bits per heavy atom. The van der Waals surface area contributed by atoms with E-state index in [2.05, 4.69) is 5.32 Å². The minimum Gasteiger partial charge on any atom is -0.389 e. The fourth-order valence-electron chi connectivity index (χ4n) is 1.98. The summed E-state index contributed by atoms with van der Waals surface area (Å²) in [5.41, 5.74) is 7.25. The first-order valence-corrected chi connectivity index (χ1v) is 6.33. The topological polar surface area (TPSA) is 56.5 Å². The van der Waals surface area contributed by atoms with Crippen molar-refractivity contribution in [2.45, 2.75) is 12.0 Å². The van der Waals surface area contributed by atoms with Crippen molar-refractivity contribution < 1.29 is 9.47 Å². The van der Waals surface area contributed by atoms with Crippen LogP contribution in [0.2, 0.25) is 0 Å². The molecule has 0 aliphatic carbocycles. The molecular weight excluding hydrogens is 248 g/mol. The van der Waals surface area contributed by atoms with E-state index in [1.54, 1.807) is 7.11 Å². The van der Waals surface area contributed by atoms with Gasteiger partial charge in [0.25, 0.3) is 0 Å². The monoisotopic (exact) mass is 266 g/mol. The molecule has 0 spiro atoms. The summed E-state index contributed by atoms with van der Waals surface area (Å²) in [6, 6.07) is 7.76. The molecular formula is C13H18N2O2S. The Labute approximate surface area is 112 Å². The Morgan fingerprint density at radius 1 is 1.50 bits per heavy atom. The van der Waals surface area contributed by atoms with E-state index in [0.717, 1.165) is 30.8 Å². The van der Waals surface area contributed by atoms with Crippen LogP contribution in [0.25, 0.3) is 0 Å². The van der Waals surface area contributed by atoms with Gasteiger partial charge in [0.05, 0.1) is 6.61 Å². The number of hydrogen-bond acceptors (Lipinski definition) is 4. The molecule has 1 saturated heterocycles. The number of hydrogen-bond donors (Lipinski definition) is 2. The fraction of sp³-hybridized carbons (Fsp3) is 0.462. The van der Waals surface area contributed by atoms with E-state index in [1.165, 1.54) is 0 Å². The molecule has 1 aliphatic rings. The van der Waals surface area contributed by atoms with Crippen LogP contribution >= 0.6 is 12.2 Å². The van der Waals surface area contributed by atoms with E-state index >= 15 is 0 Å². The van der Waals surface area contributed by atoms with Gasteiger partial charge in [0.2, 0.25) is 0 Å². The number of rotatable bonds is 5. The Bertz CT molecular complexity index is 414. The first-order chi connectivity index (χ1) is 8.65. The van der Waals surface area contributed by atoms with Gasteiger partial charge in [-0.15, -0.1) is 0 Å². The van der Waals surface area contributed by atoms with Gasteiger partial charge < -0.3 is 20.5 Å². The van der Waals surface area contributed by atoms with Crippen molar-refractivity contribution in [2.75, 3.05) is 32.2 Å². The Hall–Kier alpha value is -1.17. The van der Waals surface area contributed by atoms with Crippen molar-refractivity contribution in [1.29, 1.82) is 0 Å². The van der Waals surface area contributed by atoms with Gasteiger partial charge >= 0.3 is 0 Å². The summed E-state index contributed by atoms with van der Waals surface area (Å²) in [5.74, 6) is 0. The van der Waals surface area contributed by atoms with Gasteiger partial charge in [-0.1, -0.05) is 12.2 Å². The van der Waals surface area contributed by atoms with E-state index in [4.69, 9.17) is 27.4 Å². The zero-order valence-corrected chi connectivity index (χ0v) is 11.3. The molecule has 0 radical (unpaired) electrons. The maximum Gasteiger partial charge on any atom is 0.110 e. The molecule has 98 valence electrons. The molecule has 18 heavy (non-hydrogen) atoms. The Kier molecular flexibility index (Phi) is 4.16. The van der Waals surface area contributed by atoms with Crippen molar-refractivity contribution in [2.24, 2.45) is 5.73 Å². The number of nitrogens with two attached hydrogens (primary N) is 1. The highest BCUT2D eigenvalue weighted by atomic mass is 32.1. The Morgan fingerprint density at radius 3 is 2.72 bits per heavy atom. The molecule has 2 rings (SSSR count). The van der Waals surface area contributed by atoms with Crippen molar-refractivity contribution in [3.8, 4) is 0 Å². The molecule has 1 heterocycles. The molecule has 1 fully saturated rings. The lowest BCUT2D eigenvalue weighted by atomic mass is 10.0. The van der Waals surface area contributed by atoms with Crippen molar-refractivity contribution in [3.05, 3.63) is 29.8 Å². The lowest BCUT2D eigenvalue weighted by molar-refractivity contribution is -0.00619. The predicted octanol–water partition coefficient (Wildman–Crippen LogP) is 1.54. The zero-order valence-electron chi connectivity index (χ0n) is 10.4. The van der Waals surface area contributed by atoms with E-state index < -0.39 is 0 Å². The average Bonchev–Trinajstić information content (AvgIpc) is 2.86. The van der Waals surface area contributed by atoms with Crippen LogP contribution in [-0.4, -0.2) is 37.5 Å². The van der Waals surface area contributed by atoms with Crippen LogP contribution in [0.5, 0.6) is 0 Å². The van der Waals surface area contributed by atoms with Gasteiger partial charge in [-0.05, 0) is 24.3 Å². The Balaban J connectivity index is 1.95. The summed E-state index contributed by atoms with van der Waals surface area (Å²) < 4.78 is 10.9. The van der Waals surface area contributed by atoms with Crippen LogP contribution in [0.1, 0.15) is 12.0 Å². The molecule has 0 saturated carbocycles. The third-order valence-corrected chi connectivity index (χ3v) is 3.52. The lowest BCUT2D eigenvalue weighted by Gasteiger charge is -2.26. The molecule has 0 aromatic heterocycles. The fourth-order valence-corrected chi connectivity index (χ4v) is 2.11. The third-order valence-electron chi connectivity index (χ3n) is 3.28. The number of anilines is 1. The van der Waals surface area contributed by atoms with Gasteiger partial charge in [0.1, 0.15) is 10.6 Å². The molecule has 4 nitrogen and oxygen atoms in total. The zero-order chi connectivity index (χ0) is 13.0. The highest BCUT2D eigenvalue weighted by molar-refractivity contribution is 7.80. The average molecular weight is 266 g/mol. The highest BCUT2D eigenvalue weighted by Gasteiger charge is 2.34. The maximum atomic E-state index is 5.55. The summed E-state index contributed by atoms with van der Waals surface area (Å²) >= 11 is 4.91. The largest absolute Gasteiger partial charge is 0.389 e. The number of methoxy groups -OCH3 is 1. The molecule has 1 unspecified atom stereocenters. The van der Waals surface area contributed by atoms with E-state index in [-0.39, 0.29) is 5.60 Å². The first kappa shape index (κ1) is 13.3. The van der Waals surface area contributed by atoms with Crippen LogP contribution in [0.4, 0.5) is 5.69 Å². The van der Waals surface area contributed by atoms with Crippen molar-refractivity contribution in [1.82, 2.24) is 0 Å². The van der Waals surface area contributed by atoms with E-state index in [9.17, 15) is 0 Å². The SMILES string of the molecule is COC1(CNc2ccc(C(N)=S)cc2)CCOC1. The van der Waals surface area contributed by atoms with Gasteiger partial charge in [0, 0.05) is 37.9 Å². The van der Waals surface area contributed by atoms with Crippen molar-refractivity contribution in [3.63, 3.8) is 0 Å². The van der Waals surface area contributed by atoms with Crippen LogP contribution in [0.3, 0.4) is 0 Å². The van der Waals surface area contributed by atoms with E-state index in [0.29, 0.717) is 11.6 Å². The highest BCUT2D eigenvalue weighted by Crippen LogP contribution is 2.23. The van der Waals surface area contributed by atoms with Crippen LogP contribution in [0.15, 0.2) is 24.3 Å². The van der Waals surface area contributed by atoms with Crippen LogP contribution < -0.4 is 11.1 Å². The molecule has 1 atom stereocenters. The normalized spacial score (nSPS) is 22.9. The number of nitrogens with one attached hydrogen (secondary N) is 1.